The molecule has 0 aliphatic heterocycles. The van der Waals surface area contributed by atoms with Crippen molar-refractivity contribution in [2.75, 3.05) is 19.5 Å². The largest absolute Gasteiger partial charge is 0.492 e. The van der Waals surface area contributed by atoms with Crippen LogP contribution in [0.4, 0.5) is 5.69 Å². The summed E-state index contributed by atoms with van der Waals surface area (Å²) in [5.41, 5.74) is 6.64. The van der Waals surface area contributed by atoms with Gasteiger partial charge in [-0.25, -0.2) is 4.79 Å². The normalized spacial score (nSPS) is 10.2. The number of carbonyl (C=O) groups excluding carboxylic acids is 1. The van der Waals surface area contributed by atoms with Crippen LogP contribution in [0.3, 0.4) is 0 Å². The quantitative estimate of drug-likeness (QED) is 0.834. The van der Waals surface area contributed by atoms with Crippen LogP contribution in [0.1, 0.15) is 10.5 Å². The summed E-state index contributed by atoms with van der Waals surface area (Å²) in [5, 5.41) is 0. The van der Waals surface area contributed by atoms with Gasteiger partial charge in [-0.15, -0.1) is 0 Å². The highest BCUT2D eigenvalue weighted by Gasteiger charge is 2.12. The molecule has 0 spiro atoms. The minimum absolute atomic E-state index is 0.406. The number of hydrogen-bond acceptors (Lipinski definition) is 4. The number of nitrogens with two attached hydrogens (primary N) is 1. The number of rotatable bonds is 5. The fraction of sp³-hybridized carbons (Fsp3) is 0.214. The lowest BCUT2D eigenvalue weighted by Gasteiger charge is -2.09. The third-order valence-electron chi connectivity index (χ3n) is 2.66. The van der Waals surface area contributed by atoms with E-state index in [0.717, 1.165) is 5.75 Å². The zero-order valence-electron chi connectivity index (χ0n) is 10.7. The number of methoxy groups -OCH3 is 1. The van der Waals surface area contributed by atoms with Crippen molar-refractivity contribution in [3.8, 4) is 5.75 Å². The third-order valence-corrected chi connectivity index (χ3v) is 2.66. The van der Waals surface area contributed by atoms with Crippen LogP contribution in [0.25, 0.3) is 0 Å². The smallest absolute Gasteiger partial charge is 0.354 e. The van der Waals surface area contributed by atoms with Crippen molar-refractivity contribution in [1.82, 2.24) is 4.57 Å². The number of ether oxygens (including phenoxy) is 2. The fourth-order valence-electron chi connectivity index (χ4n) is 1.77. The van der Waals surface area contributed by atoms with E-state index in [0.29, 0.717) is 24.5 Å². The Kier molecular flexibility index (Phi) is 4.07. The highest BCUT2D eigenvalue weighted by atomic mass is 16.5. The van der Waals surface area contributed by atoms with E-state index in [4.69, 9.17) is 15.2 Å². The monoisotopic (exact) mass is 260 g/mol. The van der Waals surface area contributed by atoms with E-state index in [2.05, 4.69) is 0 Å². The first-order valence-corrected chi connectivity index (χ1v) is 5.92. The standard InChI is InChI=1S/C14H16N2O3/c1-18-14(17)13-9-11(15)10-16(13)7-8-19-12-5-3-2-4-6-12/h2-6,9-10H,7-8,15H2,1H3. The van der Waals surface area contributed by atoms with E-state index in [1.165, 1.54) is 7.11 Å². The van der Waals surface area contributed by atoms with Gasteiger partial charge >= 0.3 is 5.97 Å². The van der Waals surface area contributed by atoms with Crippen LogP contribution in [0.15, 0.2) is 42.6 Å². The van der Waals surface area contributed by atoms with E-state index < -0.39 is 5.97 Å². The van der Waals surface area contributed by atoms with Gasteiger partial charge in [0.25, 0.3) is 0 Å². The SMILES string of the molecule is COC(=O)c1cc(N)cn1CCOc1ccccc1. The summed E-state index contributed by atoms with van der Waals surface area (Å²) in [7, 11) is 1.34. The Bertz CT molecular complexity index is 549. The second kappa shape index (κ2) is 5.95. The molecule has 1 aromatic carbocycles. The molecule has 1 heterocycles. The summed E-state index contributed by atoms with van der Waals surface area (Å²) in [6.45, 7) is 0.971. The molecule has 0 radical (unpaired) electrons. The number of benzene rings is 1. The van der Waals surface area contributed by atoms with E-state index in [-0.39, 0.29) is 0 Å². The Morgan fingerprint density at radius 1 is 1.32 bits per heavy atom. The number of anilines is 1. The van der Waals surface area contributed by atoms with Crippen molar-refractivity contribution in [3.63, 3.8) is 0 Å². The maximum absolute atomic E-state index is 11.5. The zero-order valence-corrected chi connectivity index (χ0v) is 10.7. The van der Waals surface area contributed by atoms with Gasteiger partial charge in [0.05, 0.1) is 19.3 Å². The minimum atomic E-state index is -0.406. The molecule has 1 aromatic heterocycles. The molecule has 0 aliphatic carbocycles. The van der Waals surface area contributed by atoms with Crippen molar-refractivity contribution in [2.45, 2.75) is 6.54 Å². The lowest BCUT2D eigenvalue weighted by atomic mass is 10.3. The molecule has 5 nitrogen and oxygen atoms in total. The molecule has 0 bridgehead atoms. The summed E-state index contributed by atoms with van der Waals surface area (Å²) < 4.78 is 12.0. The first-order chi connectivity index (χ1) is 9.20. The number of carbonyl (C=O) groups is 1. The minimum Gasteiger partial charge on any atom is -0.492 e. The zero-order chi connectivity index (χ0) is 13.7. The number of aromatic nitrogens is 1. The van der Waals surface area contributed by atoms with Crippen molar-refractivity contribution in [1.29, 1.82) is 0 Å². The van der Waals surface area contributed by atoms with Crippen LogP contribution >= 0.6 is 0 Å². The van der Waals surface area contributed by atoms with Crippen molar-refractivity contribution < 1.29 is 14.3 Å². The highest BCUT2D eigenvalue weighted by Crippen LogP contribution is 2.13. The average Bonchev–Trinajstić information content (AvgIpc) is 2.80. The number of esters is 1. The Balaban J connectivity index is 1.98. The molecule has 0 saturated carbocycles. The number of para-hydroxylation sites is 1. The Morgan fingerprint density at radius 2 is 2.05 bits per heavy atom. The van der Waals surface area contributed by atoms with Crippen LogP contribution in [0, 0.1) is 0 Å². The van der Waals surface area contributed by atoms with Crippen molar-refractivity contribution in [2.24, 2.45) is 0 Å². The summed E-state index contributed by atoms with van der Waals surface area (Å²) in [6.07, 6.45) is 1.70. The van der Waals surface area contributed by atoms with E-state index in [1.54, 1.807) is 16.8 Å². The summed E-state index contributed by atoms with van der Waals surface area (Å²) in [4.78, 5) is 11.5. The molecule has 5 heteroatoms. The van der Waals surface area contributed by atoms with E-state index >= 15 is 0 Å². The lowest BCUT2D eigenvalue weighted by molar-refractivity contribution is 0.0587. The molecule has 19 heavy (non-hydrogen) atoms. The molecular formula is C14H16N2O3. The van der Waals surface area contributed by atoms with Gasteiger partial charge in [0, 0.05) is 6.20 Å². The Hall–Kier alpha value is -2.43. The first-order valence-electron chi connectivity index (χ1n) is 5.92. The molecular weight excluding hydrogens is 244 g/mol. The molecule has 2 rings (SSSR count). The van der Waals surface area contributed by atoms with Gasteiger partial charge in [-0.05, 0) is 18.2 Å². The number of nitrogen functional groups attached to an aromatic ring is 1. The molecule has 2 aromatic rings. The topological polar surface area (TPSA) is 66.5 Å². The van der Waals surface area contributed by atoms with Crippen LogP contribution in [-0.2, 0) is 11.3 Å². The fourth-order valence-corrected chi connectivity index (χ4v) is 1.77. The van der Waals surface area contributed by atoms with Crippen LogP contribution in [-0.4, -0.2) is 24.3 Å². The molecule has 0 atom stereocenters. The van der Waals surface area contributed by atoms with Gasteiger partial charge in [0.2, 0.25) is 0 Å². The van der Waals surface area contributed by atoms with Gasteiger partial charge in [-0.1, -0.05) is 18.2 Å². The molecule has 0 saturated heterocycles. The van der Waals surface area contributed by atoms with Gasteiger partial charge in [-0.3, -0.25) is 0 Å². The lowest BCUT2D eigenvalue weighted by Crippen LogP contribution is -2.14. The predicted molar refractivity (Wildman–Crippen MR) is 72.1 cm³/mol. The van der Waals surface area contributed by atoms with Gasteiger partial charge in [0.15, 0.2) is 0 Å². The number of nitrogens with zero attached hydrogens (tertiary/aromatic N) is 1. The third kappa shape index (κ3) is 3.28. The molecule has 0 fully saturated rings. The second-order valence-corrected chi connectivity index (χ2v) is 4.01. The van der Waals surface area contributed by atoms with Crippen LogP contribution in [0.2, 0.25) is 0 Å². The second-order valence-electron chi connectivity index (χ2n) is 4.01. The van der Waals surface area contributed by atoms with Gasteiger partial charge in [-0.2, -0.15) is 0 Å². The van der Waals surface area contributed by atoms with Crippen molar-refractivity contribution in [3.05, 3.63) is 48.3 Å². The van der Waals surface area contributed by atoms with Crippen LogP contribution in [0.5, 0.6) is 5.75 Å². The van der Waals surface area contributed by atoms with E-state index in [1.807, 2.05) is 30.3 Å². The number of hydrogen-bond donors (Lipinski definition) is 1. The van der Waals surface area contributed by atoms with Crippen molar-refractivity contribution >= 4 is 11.7 Å². The maximum Gasteiger partial charge on any atom is 0.354 e. The molecule has 0 unspecified atom stereocenters. The van der Waals surface area contributed by atoms with Crippen LogP contribution < -0.4 is 10.5 Å². The predicted octanol–water partition coefficient (Wildman–Crippen LogP) is 1.94. The average molecular weight is 260 g/mol. The van der Waals surface area contributed by atoms with Gasteiger partial charge in [0.1, 0.15) is 18.1 Å². The maximum atomic E-state index is 11.5. The summed E-state index contributed by atoms with van der Waals surface area (Å²) in [6, 6.07) is 11.1. The molecule has 2 N–H and O–H groups in total. The Morgan fingerprint density at radius 3 is 2.74 bits per heavy atom. The summed E-state index contributed by atoms with van der Waals surface area (Å²) >= 11 is 0. The summed E-state index contributed by atoms with van der Waals surface area (Å²) in [5.74, 6) is 0.388. The highest BCUT2D eigenvalue weighted by molar-refractivity contribution is 5.88. The van der Waals surface area contributed by atoms with E-state index in [9.17, 15) is 4.79 Å². The van der Waals surface area contributed by atoms with Gasteiger partial charge < -0.3 is 19.8 Å². The Labute approximate surface area is 111 Å². The first kappa shape index (κ1) is 13.0. The molecule has 0 amide bonds. The molecule has 0 aliphatic rings. The molecule has 100 valence electrons.